The molecule has 0 unspecified atom stereocenters. The molecule has 58 valence electrons. The molecule has 0 radical (unpaired) electrons. The van der Waals surface area contributed by atoms with Crippen LogP contribution in [0.1, 0.15) is 5.56 Å². The van der Waals surface area contributed by atoms with Crippen molar-refractivity contribution in [1.29, 1.82) is 0 Å². The summed E-state index contributed by atoms with van der Waals surface area (Å²) in [6, 6.07) is 6.28. The summed E-state index contributed by atoms with van der Waals surface area (Å²) < 4.78 is 5.53. The minimum absolute atomic E-state index is 0.850. The number of benzene rings is 1. The third-order valence-corrected chi connectivity index (χ3v) is 2.77. The first kappa shape index (κ1) is 7.04. The lowest BCUT2D eigenvalue weighted by molar-refractivity contribution is 0.327. The Hall–Kier alpha value is -0.630. The molecule has 2 rings (SSSR count). The Bertz CT molecular complexity index is 270. The maximum atomic E-state index is 5.53. The molecule has 2 heteroatoms. The highest BCUT2D eigenvalue weighted by Crippen LogP contribution is 2.35. The Balaban J connectivity index is 2.49. The van der Waals surface area contributed by atoms with Gasteiger partial charge in [0.05, 0.1) is 6.61 Å². The maximum Gasteiger partial charge on any atom is 0.135 e. The largest absolute Gasteiger partial charge is 0.491 e. The van der Waals surface area contributed by atoms with E-state index in [1.54, 1.807) is 0 Å². The summed E-state index contributed by atoms with van der Waals surface area (Å²) in [6.07, 6.45) is 0. The van der Waals surface area contributed by atoms with Crippen molar-refractivity contribution in [3.63, 3.8) is 0 Å². The van der Waals surface area contributed by atoms with E-state index in [4.69, 9.17) is 4.74 Å². The minimum atomic E-state index is 0.850. The Labute approximate surface area is 70.8 Å². The summed E-state index contributed by atoms with van der Waals surface area (Å²) in [7, 11) is 0. The van der Waals surface area contributed by atoms with Gasteiger partial charge in [0.15, 0.2) is 0 Å². The highest BCUT2D eigenvalue weighted by Gasteiger charge is 2.11. The van der Waals surface area contributed by atoms with E-state index in [1.807, 2.05) is 11.8 Å². The van der Waals surface area contributed by atoms with Gasteiger partial charge >= 0.3 is 0 Å². The topological polar surface area (TPSA) is 9.23 Å². The molecule has 1 aromatic carbocycles. The minimum Gasteiger partial charge on any atom is -0.491 e. The first-order chi connectivity index (χ1) is 5.38. The van der Waals surface area contributed by atoms with Crippen molar-refractivity contribution in [3.8, 4) is 5.75 Å². The fourth-order valence-corrected chi connectivity index (χ4v) is 2.13. The van der Waals surface area contributed by atoms with Crippen molar-refractivity contribution in [3.05, 3.63) is 23.8 Å². The Morgan fingerprint density at radius 1 is 1.45 bits per heavy atom. The molecule has 1 aromatic rings. The van der Waals surface area contributed by atoms with Crippen LogP contribution in [-0.2, 0) is 0 Å². The van der Waals surface area contributed by atoms with E-state index in [1.165, 1.54) is 10.5 Å². The van der Waals surface area contributed by atoms with Crippen LogP contribution in [0.3, 0.4) is 0 Å². The van der Waals surface area contributed by atoms with E-state index >= 15 is 0 Å². The predicted molar refractivity (Wildman–Crippen MR) is 47.4 cm³/mol. The molecule has 0 saturated carbocycles. The van der Waals surface area contributed by atoms with Crippen LogP contribution >= 0.6 is 11.8 Å². The zero-order chi connectivity index (χ0) is 7.68. The standard InChI is InChI=1S/C9H10OS/c1-7-3-2-4-8-9(7)10-5-6-11-8/h2-4H,5-6H2,1H3. The van der Waals surface area contributed by atoms with Gasteiger partial charge in [-0.2, -0.15) is 0 Å². The second-order valence-corrected chi connectivity index (χ2v) is 3.74. The number of rotatable bonds is 0. The highest BCUT2D eigenvalue weighted by molar-refractivity contribution is 7.99. The lowest BCUT2D eigenvalue weighted by Crippen LogP contribution is -2.07. The third kappa shape index (κ3) is 1.23. The zero-order valence-corrected chi connectivity index (χ0v) is 7.28. The fraction of sp³-hybridized carbons (Fsp3) is 0.333. The molecule has 1 aliphatic rings. The number of hydrogen-bond acceptors (Lipinski definition) is 2. The Kier molecular flexibility index (Phi) is 1.78. The van der Waals surface area contributed by atoms with Gasteiger partial charge < -0.3 is 4.74 Å². The molecular weight excluding hydrogens is 156 g/mol. The summed E-state index contributed by atoms with van der Waals surface area (Å²) in [5.74, 6) is 2.17. The van der Waals surface area contributed by atoms with Crippen molar-refractivity contribution in [2.45, 2.75) is 11.8 Å². The molecule has 0 saturated heterocycles. The lowest BCUT2D eigenvalue weighted by Gasteiger charge is -2.17. The van der Waals surface area contributed by atoms with Crippen LogP contribution in [0.25, 0.3) is 0 Å². The molecule has 0 N–H and O–H groups in total. The Morgan fingerprint density at radius 3 is 3.18 bits per heavy atom. The van der Waals surface area contributed by atoms with Crippen molar-refractivity contribution in [1.82, 2.24) is 0 Å². The average molecular weight is 166 g/mol. The third-order valence-electron chi connectivity index (χ3n) is 1.76. The second kappa shape index (κ2) is 2.78. The van der Waals surface area contributed by atoms with Gasteiger partial charge in [0.2, 0.25) is 0 Å². The van der Waals surface area contributed by atoms with E-state index < -0.39 is 0 Å². The molecule has 0 fully saturated rings. The molecule has 1 aliphatic heterocycles. The van der Waals surface area contributed by atoms with Crippen LogP contribution in [0.4, 0.5) is 0 Å². The van der Waals surface area contributed by atoms with Crippen molar-refractivity contribution < 1.29 is 4.74 Å². The van der Waals surface area contributed by atoms with E-state index in [9.17, 15) is 0 Å². The van der Waals surface area contributed by atoms with Crippen LogP contribution in [0.15, 0.2) is 23.1 Å². The second-order valence-electron chi connectivity index (χ2n) is 2.60. The van der Waals surface area contributed by atoms with Crippen LogP contribution in [0.2, 0.25) is 0 Å². The number of para-hydroxylation sites is 1. The normalized spacial score (nSPS) is 15.4. The Morgan fingerprint density at radius 2 is 2.36 bits per heavy atom. The molecular formula is C9H10OS. The van der Waals surface area contributed by atoms with Crippen LogP contribution in [0.5, 0.6) is 5.75 Å². The molecule has 0 aliphatic carbocycles. The van der Waals surface area contributed by atoms with Gasteiger partial charge in [-0.05, 0) is 18.6 Å². The van der Waals surface area contributed by atoms with Gasteiger partial charge in [-0.3, -0.25) is 0 Å². The summed E-state index contributed by atoms with van der Waals surface area (Å²) in [5, 5.41) is 0. The summed E-state index contributed by atoms with van der Waals surface area (Å²) in [4.78, 5) is 1.29. The number of aryl methyl sites for hydroxylation is 1. The van der Waals surface area contributed by atoms with Crippen LogP contribution in [0, 0.1) is 6.92 Å². The smallest absolute Gasteiger partial charge is 0.135 e. The SMILES string of the molecule is Cc1cccc2c1OCCS2. The molecule has 1 nitrogen and oxygen atoms in total. The first-order valence-electron chi connectivity index (χ1n) is 3.73. The van der Waals surface area contributed by atoms with Gasteiger partial charge in [-0.15, -0.1) is 11.8 Å². The van der Waals surface area contributed by atoms with Gasteiger partial charge in [0.25, 0.3) is 0 Å². The number of hydrogen-bond donors (Lipinski definition) is 0. The molecule has 11 heavy (non-hydrogen) atoms. The first-order valence-corrected chi connectivity index (χ1v) is 4.72. The van der Waals surface area contributed by atoms with Crippen LogP contribution < -0.4 is 4.74 Å². The van der Waals surface area contributed by atoms with Gasteiger partial charge in [0.1, 0.15) is 5.75 Å². The average Bonchev–Trinajstić information content (AvgIpc) is 2.06. The van der Waals surface area contributed by atoms with Crippen LogP contribution in [-0.4, -0.2) is 12.4 Å². The summed E-state index contributed by atoms with van der Waals surface area (Å²) in [5.41, 5.74) is 1.25. The number of thioether (sulfide) groups is 1. The van der Waals surface area contributed by atoms with E-state index in [0.717, 1.165) is 18.1 Å². The predicted octanol–water partition coefficient (Wildman–Crippen LogP) is 2.48. The highest BCUT2D eigenvalue weighted by atomic mass is 32.2. The molecule has 0 bridgehead atoms. The van der Waals surface area contributed by atoms with E-state index in [-0.39, 0.29) is 0 Å². The zero-order valence-electron chi connectivity index (χ0n) is 6.46. The summed E-state index contributed by atoms with van der Waals surface area (Å²) in [6.45, 7) is 2.94. The van der Waals surface area contributed by atoms with Gasteiger partial charge in [0, 0.05) is 10.6 Å². The van der Waals surface area contributed by atoms with Crippen molar-refractivity contribution in [2.75, 3.05) is 12.4 Å². The fourth-order valence-electron chi connectivity index (χ4n) is 1.22. The van der Waals surface area contributed by atoms with Crippen molar-refractivity contribution in [2.24, 2.45) is 0 Å². The molecule has 0 spiro atoms. The molecule has 0 aromatic heterocycles. The van der Waals surface area contributed by atoms with Gasteiger partial charge in [-0.1, -0.05) is 12.1 Å². The molecule has 0 amide bonds. The number of fused-ring (bicyclic) bond motifs is 1. The molecule has 0 atom stereocenters. The number of ether oxygens (including phenoxy) is 1. The molecule has 1 heterocycles. The maximum absolute atomic E-state index is 5.53. The van der Waals surface area contributed by atoms with E-state index in [2.05, 4.69) is 25.1 Å². The van der Waals surface area contributed by atoms with Crippen molar-refractivity contribution >= 4 is 11.8 Å². The van der Waals surface area contributed by atoms with E-state index in [0.29, 0.717) is 0 Å². The quantitative estimate of drug-likeness (QED) is 0.585. The monoisotopic (exact) mass is 166 g/mol. The van der Waals surface area contributed by atoms with Gasteiger partial charge in [-0.25, -0.2) is 0 Å². The lowest BCUT2D eigenvalue weighted by atomic mass is 10.2. The summed E-state index contributed by atoms with van der Waals surface area (Å²) >= 11 is 1.88.